The van der Waals surface area contributed by atoms with Crippen LogP contribution < -0.4 is 10.5 Å². The molecule has 2 saturated heterocycles. The minimum absolute atomic E-state index is 0.0487. The Morgan fingerprint density at radius 2 is 1.90 bits per heavy atom. The van der Waals surface area contributed by atoms with Crippen molar-refractivity contribution >= 4 is 17.2 Å². The van der Waals surface area contributed by atoms with E-state index in [0.717, 1.165) is 36.7 Å². The number of imidazole rings is 1. The van der Waals surface area contributed by atoms with Crippen LogP contribution >= 0.6 is 0 Å². The van der Waals surface area contributed by atoms with Gasteiger partial charge in [0.2, 0.25) is 5.91 Å². The first-order valence-corrected chi connectivity index (χ1v) is 13.4. The maximum Gasteiger partial charge on any atom is 0.416 e. The van der Waals surface area contributed by atoms with Gasteiger partial charge in [0.1, 0.15) is 28.6 Å². The Kier molecular flexibility index (Phi) is 6.43. The number of hydrogen-bond donors (Lipinski definition) is 1. The van der Waals surface area contributed by atoms with Crippen molar-refractivity contribution in [1.29, 1.82) is 0 Å². The number of methoxy groups -OCH3 is 1. The number of carbonyl (C=O) groups is 1. The molecule has 0 saturated carbocycles. The number of rotatable bonds is 5. The van der Waals surface area contributed by atoms with Gasteiger partial charge in [-0.3, -0.25) is 9.20 Å². The Labute approximate surface area is 229 Å². The number of nitrogen functional groups attached to an aromatic ring is 1. The van der Waals surface area contributed by atoms with Gasteiger partial charge in [-0.05, 0) is 48.6 Å². The molecular weight excluding hydrogens is 519 g/mol. The Morgan fingerprint density at radius 3 is 2.67 bits per heavy atom. The highest BCUT2D eigenvalue weighted by molar-refractivity contribution is 5.88. The number of halogens is 3. The van der Waals surface area contributed by atoms with Crippen molar-refractivity contribution in [2.75, 3.05) is 19.4 Å². The van der Waals surface area contributed by atoms with E-state index in [4.69, 9.17) is 15.5 Å². The first-order chi connectivity index (χ1) is 19.2. The smallest absolute Gasteiger partial charge is 0.416 e. The fourth-order valence-corrected chi connectivity index (χ4v) is 6.19. The molecule has 10 heteroatoms. The average Bonchev–Trinajstić information content (AvgIpc) is 3.53. The van der Waals surface area contributed by atoms with Crippen LogP contribution in [0.15, 0.2) is 54.9 Å². The van der Waals surface area contributed by atoms with Gasteiger partial charge in [-0.2, -0.15) is 13.2 Å². The molecule has 4 aromatic rings. The summed E-state index contributed by atoms with van der Waals surface area (Å²) in [7, 11) is 1.55. The number of alkyl halides is 3. The number of anilines is 1. The van der Waals surface area contributed by atoms with E-state index in [2.05, 4.69) is 4.98 Å². The van der Waals surface area contributed by atoms with Crippen LogP contribution in [-0.4, -0.2) is 44.9 Å². The fourth-order valence-electron chi connectivity index (χ4n) is 6.19. The summed E-state index contributed by atoms with van der Waals surface area (Å²) in [4.78, 5) is 23.8. The van der Waals surface area contributed by atoms with E-state index in [-0.39, 0.29) is 17.7 Å². The molecule has 40 heavy (non-hydrogen) atoms. The molecule has 2 aromatic heterocycles. The van der Waals surface area contributed by atoms with Gasteiger partial charge in [0.25, 0.3) is 0 Å². The van der Waals surface area contributed by atoms with Gasteiger partial charge in [0, 0.05) is 48.8 Å². The molecule has 2 aliphatic heterocycles. The lowest BCUT2D eigenvalue weighted by molar-refractivity contribution is -0.137. The Hall–Kier alpha value is -4.08. The van der Waals surface area contributed by atoms with E-state index in [1.165, 1.54) is 12.1 Å². The summed E-state index contributed by atoms with van der Waals surface area (Å²) in [6.45, 7) is 2.49. The zero-order valence-electron chi connectivity index (χ0n) is 22.3. The minimum atomic E-state index is -4.41. The van der Waals surface area contributed by atoms with Crippen molar-refractivity contribution < 1.29 is 22.7 Å². The van der Waals surface area contributed by atoms with Crippen LogP contribution in [0.5, 0.6) is 5.75 Å². The summed E-state index contributed by atoms with van der Waals surface area (Å²) in [6.07, 6.45) is 2.44. The number of piperidine rings is 1. The SMILES string of the molecule is COc1cc([C@H](C)c2cccc(C(F)(F)F)c2)ccc1-c1nc([C@@H]2CC[C@H]3CCC(=O)N3C2)n2ccnc(N)c12. The molecule has 0 radical (unpaired) electrons. The lowest BCUT2D eigenvalue weighted by Crippen LogP contribution is -2.41. The van der Waals surface area contributed by atoms with Crippen molar-refractivity contribution in [3.05, 3.63) is 77.4 Å². The molecule has 0 spiro atoms. The van der Waals surface area contributed by atoms with Crippen molar-refractivity contribution in [3.63, 3.8) is 0 Å². The summed E-state index contributed by atoms with van der Waals surface area (Å²) < 4.78 is 47.7. The van der Waals surface area contributed by atoms with Crippen LogP contribution in [0.1, 0.15) is 67.0 Å². The van der Waals surface area contributed by atoms with Gasteiger partial charge in [-0.25, -0.2) is 9.97 Å². The Balaban J connectivity index is 1.40. The maximum absolute atomic E-state index is 13.3. The van der Waals surface area contributed by atoms with Crippen LogP contribution in [-0.2, 0) is 11.0 Å². The highest BCUT2D eigenvalue weighted by Gasteiger charge is 2.38. The molecule has 1 amide bonds. The first-order valence-electron chi connectivity index (χ1n) is 13.4. The zero-order valence-corrected chi connectivity index (χ0v) is 22.3. The quantitative estimate of drug-likeness (QED) is 0.329. The highest BCUT2D eigenvalue weighted by Crippen LogP contribution is 2.41. The van der Waals surface area contributed by atoms with Crippen molar-refractivity contribution in [1.82, 2.24) is 19.3 Å². The molecule has 6 rings (SSSR count). The Morgan fingerprint density at radius 1 is 1.10 bits per heavy atom. The molecular formula is C30H30F3N5O2. The molecule has 2 aromatic carbocycles. The van der Waals surface area contributed by atoms with Crippen LogP contribution in [0.3, 0.4) is 0 Å². The number of hydrogen-bond acceptors (Lipinski definition) is 5. The third-order valence-corrected chi connectivity index (χ3v) is 8.39. The number of benzene rings is 2. The van der Waals surface area contributed by atoms with Gasteiger partial charge < -0.3 is 15.4 Å². The molecule has 2 fully saturated rings. The number of nitrogens with zero attached hydrogens (tertiary/aromatic N) is 4. The number of carbonyl (C=O) groups excluding carboxylic acids is 1. The van der Waals surface area contributed by atoms with Crippen LogP contribution in [0, 0.1) is 0 Å². The predicted molar refractivity (Wildman–Crippen MR) is 145 cm³/mol. The maximum atomic E-state index is 13.3. The van der Waals surface area contributed by atoms with Crippen LogP contribution in [0.4, 0.5) is 19.0 Å². The van der Waals surface area contributed by atoms with Crippen LogP contribution in [0.25, 0.3) is 16.8 Å². The second-order valence-corrected chi connectivity index (χ2v) is 10.7. The second kappa shape index (κ2) is 9.83. The molecule has 0 bridgehead atoms. The second-order valence-electron chi connectivity index (χ2n) is 10.7. The molecule has 0 unspecified atom stereocenters. The molecule has 208 valence electrons. The largest absolute Gasteiger partial charge is 0.496 e. The summed E-state index contributed by atoms with van der Waals surface area (Å²) in [5.74, 6) is 1.62. The number of ether oxygens (including phenoxy) is 1. The van der Waals surface area contributed by atoms with Gasteiger partial charge in [0.15, 0.2) is 0 Å². The molecule has 2 aliphatic rings. The topological polar surface area (TPSA) is 85.8 Å². The van der Waals surface area contributed by atoms with E-state index in [9.17, 15) is 18.0 Å². The molecule has 4 heterocycles. The molecule has 3 atom stereocenters. The monoisotopic (exact) mass is 549 g/mol. The fraction of sp³-hybridized carbons (Fsp3) is 0.367. The standard InChI is InChI=1S/C30H30F3N5O2/c1-17(18-4-3-5-21(14-18)30(31,32)33)19-7-10-23(24(15-19)40-2)26-27-28(34)35-12-13-37(27)29(36-26)20-6-8-22-9-11-25(39)38(22)16-20/h3-5,7,10,12-15,17,20,22H,6,8-9,11,16H2,1-2H3,(H2,34,35)/t17-,20-,22+/m1/s1. The number of nitrogens with two attached hydrogens (primary N) is 1. The number of aromatic nitrogens is 3. The van der Waals surface area contributed by atoms with Crippen LogP contribution in [0.2, 0.25) is 0 Å². The van der Waals surface area contributed by atoms with E-state index < -0.39 is 11.7 Å². The van der Waals surface area contributed by atoms with Crippen molar-refractivity contribution in [3.8, 4) is 17.0 Å². The van der Waals surface area contributed by atoms with Gasteiger partial charge in [-0.15, -0.1) is 0 Å². The third-order valence-electron chi connectivity index (χ3n) is 8.39. The minimum Gasteiger partial charge on any atom is -0.496 e. The zero-order chi connectivity index (χ0) is 28.2. The normalized spacial score (nSPS) is 20.1. The lowest BCUT2D eigenvalue weighted by Gasteiger charge is -2.34. The average molecular weight is 550 g/mol. The van der Waals surface area contributed by atoms with E-state index in [1.807, 2.05) is 40.6 Å². The van der Waals surface area contributed by atoms with Gasteiger partial charge in [-0.1, -0.05) is 31.2 Å². The van der Waals surface area contributed by atoms with E-state index in [1.54, 1.807) is 19.4 Å². The van der Waals surface area contributed by atoms with Crippen molar-refractivity contribution in [2.45, 2.75) is 56.7 Å². The number of fused-ring (bicyclic) bond motifs is 2. The van der Waals surface area contributed by atoms with Gasteiger partial charge >= 0.3 is 6.18 Å². The van der Waals surface area contributed by atoms with Crippen molar-refractivity contribution in [2.24, 2.45) is 0 Å². The molecule has 0 aliphatic carbocycles. The molecule has 7 nitrogen and oxygen atoms in total. The summed E-state index contributed by atoms with van der Waals surface area (Å²) in [5.41, 5.74) is 9.03. The lowest BCUT2D eigenvalue weighted by atomic mass is 9.90. The summed E-state index contributed by atoms with van der Waals surface area (Å²) in [5, 5.41) is 0. The predicted octanol–water partition coefficient (Wildman–Crippen LogP) is 6.03. The van der Waals surface area contributed by atoms with E-state index in [0.29, 0.717) is 52.9 Å². The Bertz CT molecular complexity index is 1600. The number of amides is 1. The van der Waals surface area contributed by atoms with E-state index >= 15 is 0 Å². The summed E-state index contributed by atoms with van der Waals surface area (Å²) >= 11 is 0. The summed E-state index contributed by atoms with van der Waals surface area (Å²) in [6, 6.07) is 11.3. The molecule has 2 N–H and O–H groups in total. The third kappa shape index (κ3) is 4.45. The van der Waals surface area contributed by atoms with Gasteiger partial charge in [0.05, 0.1) is 12.7 Å². The highest BCUT2D eigenvalue weighted by atomic mass is 19.4. The first kappa shape index (κ1) is 26.2.